The number of fused-ring (bicyclic) bond motifs is 2. The number of halogens is 2. The third kappa shape index (κ3) is 5.04. The van der Waals surface area contributed by atoms with Crippen LogP contribution in [-0.2, 0) is 0 Å². The highest BCUT2D eigenvalue weighted by atomic mass is 35.5. The zero-order chi connectivity index (χ0) is 23.5. The molecule has 2 fully saturated rings. The van der Waals surface area contributed by atoms with Gasteiger partial charge >= 0.3 is 0 Å². The minimum Gasteiger partial charge on any atom is -0.493 e. The van der Waals surface area contributed by atoms with Crippen LogP contribution in [0.4, 0.5) is 15.9 Å². The Balaban J connectivity index is 1.26. The highest BCUT2D eigenvalue weighted by molar-refractivity contribution is 6.31. The van der Waals surface area contributed by atoms with Crippen LogP contribution in [-0.4, -0.2) is 61.3 Å². The van der Waals surface area contributed by atoms with E-state index in [0.29, 0.717) is 35.1 Å². The van der Waals surface area contributed by atoms with E-state index in [0.717, 1.165) is 36.7 Å². The molecule has 0 aliphatic carbocycles. The third-order valence-corrected chi connectivity index (χ3v) is 7.06. The molecule has 0 radical (unpaired) electrons. The Hall–Kier alpha value is -2.68. The van der Waals surface area contributed by atoms with Crippen molar-refractivity contribution in [1.29, 1.82) is 0 Å². The minimum absolute atomic E-state index is 0.0440. The molecule has 180 valence electrons. The SMILES string of the molecule is COc1cc2ncnc(Nc3ccc(F)c(Cl)c3)c2cc1OCCCN1CCC2CNCC2C1. The van der Waals surface area contributed by atoms with Crippen molar-refractivity contribution in [2.24, 2.45) is 11.8 Å². The van der Waals surface area contributed by atoms with Gasteiger partial charge in [-0.05, 0) is 68.6 Å². The van der Waals surface area contributed by atoms with E-state index in [2.05, 4.69) is 25.5 Å². The Kier molecular flexibility index (Phi) is 6.99. The molecule has 3 heterocycles. The van der Waals surface area contributed by atoms with Crippen LogP contribution >= 0.6 is 11.6 Å². The predicted octanol–water partition coefficient (Wildman–Crippen LogP) is 4.48. The summed E-state index contributed by atoms with van der Waals surface area (Å²) in [7, 11) is 1.62. The number of benzene rings is 2. The van der Waals surface area contributed by atoms with Gasteiger partial charge in [-0.25, -0.2) is 14.4 Å². The molecule has 0 amide bonds. The quantitative estimate of drug-likeness (QED) is 0.456. The summed E-state index contributed by atoms with van der Waals surface area (Å²) < 4.78 is 25.2. The summed E-state index contributed by atoms with van der Waals surface area (Å²) in [6, 6.07) is 8.18. The smallest absolute Gasteiger partial charge is 0.162 e. The number of anilines is 2. The van der Waals surface area contributed by atoms with E-state index >= 15 is 0 Å². The van der Waals surface area contributed by atoms with Crippen LogP contribution in [0, 0.1) is 17.7 Å². The lowest BCUT2D eigenvalue weighted by Gasteiger charge is -2.34. The molecule has 34 heavy (non-hydrogen) atoms. The van der Waals surface area contributed by atoms with Crippen LogP contribution < -0.4 is 20.1 Å². The van der Waals surface area contributed by atoms with Gasteiger partial charge in [-0.15, -0.1) is 0 Å². The average molecular weight is 486 g/mol. The first kappa shape index (κ1) is 23.1. The fraction of sp³-hybridized carbons (Fsp3) is 0.440. The number of piperidine rings is 1. The molecule has 7 nitrogen and oxygen atoms in total. The molecule has 2 aromatic carbocycles. The van der Waals surface area contributed by atoms with Crippen molar-refractivity contribution in [1.82, 2.24) is 20.2 Å². The molecule has 2 saturated heterocycles. The topological polar surface area (TPSA) is 71.5 Å². The minimum atomic E-state index is -0.468. The van der Waals surface area contributed by atoms with E-state index in [1.165, 1.54) is 44.5 Å². The molecular formula is C25H29ClFN5O2. The fourth-order valence-corrected chi connectivity index (χ4v) is 5.11. The van der Waals surface area contributed by atoms with Crippen molar-refractivity contribution in [2.75, 3.05) is 51.8 Å². The van der Waals surface area contributed by atoms with Crippen molar-refractivity contribution >= 4 is 34.0 Å². The molecule has 1 aromatic heterocycles. The van der Waals surface area contributed by atoms with Crippen molar-refractivity contribution in [3.8, 4) is 11.5 Å². The summed E-state index contributed by atoms with van der Waals surface area (Å²) in [5.41, 5.74) is 1.34. The van der Waals surface area contributed by atoms with Crippen LogP contribution in [0.25, 0.3) is 10.9 Å². The largest absolute Gasteiger partial charge is 0.493 e. The monoisotopic (exact) mass is 485 g/mol. The highest BCUT2D eigenvalue weighted by Gasteiger charge is 2.32. The maximum absolute atomic E-state index is 13.5. The van der Waals surface area contributed by atoms with Gasteiger partial charge in [0.05, 0.1) is 24.3 Å². The predicted molar refractivity (Wildman–Crippen MR) is 132 cm³/mol. The van der Waals surface area contributed by atoms with E-state index in [1.807, 2.05) is 12.1 Å². The lowest BCUT2D eigenvalue weighted by Crippen LogP contribution is -2.40. The summed E-state index contributed by atoms with van der Waals surface area (Å²) in [6.07, 6.45) is 3.70. The lowest BCUT2D eigenvalue weighted by atomic mass is 9.89. The number of rotatable bonds is 8. The zero-order valence-corrected chi connectivity index (χ0v) is 19.9. The normalized spacial score (nSPS) is 20.3. The van der Waals surface area contributed by atoms with Gasteiger partial charge < -0.3 is 25.0 Å². The summed E-state index contributed by atoms with van der Waals surface area (Å²) >= 11 is 5.93. The third-order valence-electron chi connectivity index (χ3n) is 6.77. The first-order valence-corrected chi connectivity index (χ1v) is 12.1. The molecule has 2 aliphatic heterocycles. The summed E-state index contributed by atoms with van der Waals surface area (Å²) in [5.74, 6) is 3.02. The number of ether oxygens (including phenoxy) is 2. The van der Waals surface area contributed by atoms with Crippen LogP contribution in [0.3, 0.4) is 0 Å². The van der Waals surface area contributed by atoms with Gasteiger partial charge in [0, 0.05) is 30.2 Å². The Bertz CT molecular complexity index is 1160. The van der Waals surface area contributed by atoms with Gasteiger partial charge in [-0.2, -0.15) is 0 Å². The molecule has 3 aromatic rings. The number of methoxy groups -OCH3 is 1. The van der Waals surface area contributed by atoms with E-state index in [-0.39, 0.29) is 5.02 Å². The van der Waals surface area contributed by atoms with Gasteiger partial charge in [0.1, 0.15) is 18.0 Å². The van der Waals surface area contributed by atoms with E-state index in [1.54, 1.807) is 13.2 Å². The average Bonchev–Trinajstić information content (AvgIpc) is 3.32. The second kappa shape index (κ2) is 10.3. The maximum Gasteiger partial charge on any atom is 0.162 e. The summed E-state index contributed by atoms with van der Waals surface area (Å²) in [5, 5.41) is 7.54. The van der Waals surface area contributed by atoms with Gasteiger partial charge in [-0.3, -0.25) is 0 Å². The van der Waals surface area contributed by atoms with Gasteiger partial charge in [0.15, 0.2) is 11.5 Å². The van der Waals surface area contributed by atoms with E-state index < -0.39 is 5.82 Å². The Labute approximate surface area is 203 Å². The van der Waals surface area contributed by atoms with Crippen LogP contribution in [0.5, 0.6) is 11.5 Å². The Morgan fingerprint density at radius 1 is 1.18 bits per heavy atom. The molecule has 0 spiro atoms. The number of hydrogen-bond acceptors (Lipinski definition) is 7. The zero-order valence-electron chi connectivity index (χ0n) is 19.2. The second-order valence-electron chi connectivity index (χ2n) is 8.97. The second-order valence-corrected chi connectivity index (χ2v) is 9.37. The van der Waals surface area contributed by atoms with Gasteiger partial charge in [0.2, 0.25) is 0 Å². The van der Waals surface area contributed by atoms with Crippen molar-refractivity contribution in [3.63, 3.8) is 0 Å². The Morgan fingerprint density at radius 2 is 2.06 bits per heavy atom. The first-order valence-electron chi connectivity index (χ1n) is 11.7. The van der Waals surface area contributed by atoms with Gasteiger partial charge in [0.25, 0.3) is 0 Å². The number of nitrogens with zero attached hydrogens (tertiary/aromatic N) is 3. The number of hydrogen-bond donors (Lipinski definition) is 2. The molecule has 0 saturated carbocycles. The van der Waals surface area contributed by atoms with Crippen molar-refractivity contribution in [2.45, 2.75) is 12.8 Å². The number of nitrogens with one attached hydrogen (secondary N) is 2. The first-order chi connectivity index (χ1) is 16.6. The van der Waals surface area contributed by atoms with Gasteiger partial charge in [-0.1, -0.05) is 11.6 Å². The van der Waals surface area contributed by atoms with Crippen LogP contribution in [0.1, 0.15) is 12.8 Å². The number of aromatic nitrogens is 2. The summed E-state index contributed by atoms with van der Waals surface area (Å²) in [6.45, 7) is 6.29. The molecule has 2 N–H and O–H groups in total. The fourth-order valence-electron chi connectivity index (χ4n) is 4.93. The van der Waals surface area contributed by atoms with Crippen molar-refractivity contribution < 1.29 is 13.9 Å². The molecule has 2 atom stereocenters. The van der Waals surface area contributed by atoms with E-state index in [9.17, 15) is 4.39 Å². The molecule has 2 aliphatic rings. The number of likely N-dealkylation sites (tertiary alicyclic amines) is 1. The van der Waals surface area contributed by atoms with Crippen molar-refractivity contribution in [3.05, 3.63) is 47.5 Å². The molecule has 2 unspecified atom stereocenters. The van der Waals surface area contributed by atoms with Crippen LogP contribution in [0.15, 0.2) is 36.7 Å². The lowest BCUT2D eigenvalue weighted by molar-refractivity contribution is 0.139. The summed E-state index contributed by atoms with van der Waals surface area (Å²) in [4.78, 5) is 11.3. The molecule has 5 rings (SSSR count). The van der Waals surface area contributed by atoms with Crippen LogP contribution in [0.2, 0.25) is 5.02 Å². The van der Waals surface area contributed by atoms with E-state index in [4.69, 9.17) is 21.1 Å². The highest BCUT2D eigenvalue weighted by Crippen LogP contribution is 2.35. The molecular weight excluding hydrogens is 457 g/mol. The standard InChI is InChI=1S/C25H29ClFN5O2/c1-33-23-11-22-19(25(30-15-29-22)31-18-3-4-21(27)20(26)9-18)10-24(23)34-8-2-6-32-7-5-16-12-28-13-17(16)14-32/h3-4,9-11,15-17,28H,2,5-8,12-14H2,1H3,(H,29,30,31). The molecule has 0 bridgehead atoms. The molecule has 9 heteroatoms. The Morgan fingerprint density at radius 3 is 2.91 bits per heavy atom. The maximum atomic E-state index is 13.5.